The third-order valence-corrected chi connectivity index (χ3v) is 4.02. The zero-order valence-corrected chi connectivity index (χ0v) is 5.66. The molecule has 0 bridgehead atoms. The minimum atomic E-state index is -0.207. The molecular formula is C4H7OPS. The molecule has 0 amide bonds. The Morgan fingerprint density at radius 1 is 1.71 bits per heavy atom. The number of hydrogen-bond donors (Lipinski definition) is 1. The molecule has 0 spiro atoms. The first-order chi connectivity index (χ1) is 3.43. The Kier molecular flexibility index (Phi) is 2.01. The van der Waals surface area contributed by atoms with Gasteiger partial charge in [-0.2, -0.15) is 0 Å². The van der Waals surface area contributed by atoms with Crippen molar-refractivity contribution in [1.82, 2.24) is 0 Å². The van der Waals surface area contributed by atoms with E-state index in [-0.39, 0.29) is 9.87 Å². The Labute approximate surface area is 45.8 Å². The Morgan fingerprint density at radius 3 is 2.86 bits per heavy atom. The first kappa shape index (κ1) is 5.46. The van der Waals surface area contributed by atoms with Crippen LogP contribution in [0.25, 0.3) is 0 Å². The molecule has 1 heterocycles. The summed E-state index contributed by atoms with van der Waals surface area (Å²) in [6, 6.07) is 0. The van der Waals surface area contributed by atoms with Crippen LogP contribution in [0.4, 0.5) is 0 Å². The first-order valence-electron chi connectivity index (χ1n) is 2.20. The predicted molar refractivity (Wildman–Crippen MR) is 35.2 cm³/mol. The Bertz CT molecular complexity index is 198. The average Bonchev–Trinajstić information content (AvgIpc) is 2.14. The predicted octanol–water partition coefficient (Wildman–Crippen LogP) is 2.11. The van der Waals surface area contributed by atoms with Gasteiger partial charge in [0.2, 0.25) is 0 Å². The van der Waals surface area contributed by atoms with Gasteiger partial charge in [0, 0.05) is 0 Å². The van der Waals surface area contributed by atoms with Crippen molar-refractivity contribution in [1.29, 1.82) is 0 Å². The van der Waals surface area contributed by atoms with Crippen molar-refractivity contribution < 1.29 is 4.57 Å². The van der Waals surface area contributed by atoms with E-state index in [0.717, 1.165) is 12.2 Å². The molecule has 1 aliphatic heterocycles. The molecule has 0 aliphatic carbocycles. The fraction of sp³-hybridized carbons (Fsp3) is 0.500. The van der Waals surface area contributed by atoms with Crippen LogP contribution in [0.2, 0.25) is 0 Å². The number of hydrogen-bond acceptors (Lipinski definition) is 1. The molecule has 1 rings (SSSR count). The zero-order chi connectivity index (χ0) is 5.11. The Hall–Kier alpha value is 0.320. The van der Waals surface area contributed by atoms with E-state index < -0.39 is 0 Å². The fourth-order valence-corrected chi connectivity index (χ4v) is 2.67. The second-order valence-electron chi connectivity index (χ2n) is 1.42. The molecule has 0 aromatic rings. The fourth-order valence-electron chi connectivity index (χ4n) is 0.546. The van der Waals surface area contributed by atoms with Crippen LogP contribution in [-0.4, -0.2) is 5.75 Å². The van der Waals surface area contributed by atoms with Gasteiger partial charge in [0.05, 0.1) is 0 Å². The van der Waals surface area contributed by atoms with Crippen LogP contribution in [0.1, 0.15) is 6.42 Å². The quantitative estimate of drug-likeness (QED) is 0.396. The Balaban J connectivity index is 2.92. The van der Waals surface area contributed by atoms with Crippen molar-refractivity contribution in [2.75, 3.05) is 5.75 Å². The molecule has 0 aromatic carbocycles. The van der Waals surface area contributed by atoms with Gasteiger partial charge in [0.25, 0.3) is 0 Å². The Morgan fingerprint density at radius 2 is 2.57 bits per heavy atom. The first-order valence-corrected chi connectivity index (χ1v) is 5.31. The van der Waals surface area contributed by atoms with Gasteiger partial charge in [-0.1, -0.05) is 0 Å². The average molecular weight is 134 g/mol. The van der Waals surface area contributed by atoms with Crippen LogP contribution in [0.5, 0.6) is 0 Å². The second kappa shape index (κ2) is 2.58. The molecule has 1 aliphatic rings. The summed E-state index contributed by atoms with van der Waals surface area (Å²) in [5, 5.41) is 2.07. The molecule has 7 heavy (non-hydrogen) atoms. The standard InChI is InChI=1S/C4H7OPS/c5-6-7-3-1-2-4-7/h1,3,7H,2,4H2. The number of allylic oxidation sites excluding steroid dienone is 1. The molecule has 3 heteroatoms. The zero-order valence-electron chi connectivity index (χ0n) is 3.87. The van der Waals surface area contributed by atoms with E-state index in [1.54, 1.807) is 0 Å². The van der Waals surface area contributed by atoms with E-state index in [4.69, 9.17) is 0 Å². The van der Waals surface area contributed by atoms with Gasteiger partial charge in [0.1, 0.15) is 0 Å². The minimum absolute atomic E-state index is 0.207. The number of thiol groups is 1. The van der Waals surface area contributed by atoms with E-state index in [1.807, 2.05) is 0 Å². The number of rotatable bonds is 0. The van der Waals surface area contributed by atoms with Gasteiger partial charge < -0.3 is 0 Å². The second-order valence-corrected chi connectivity index (χ2v) is 5.24. The third kappa shape index (κ3) is 1.36. The molecule has 1 atom stereocenters. The monoisotopic (exact) mass is 134 g/mol. The van der Waals surface area contributed by atoms with Crippen LogP contribution >= 0.6 is 16.9 Å². The maximum atomic E-state index is 10.1. The van der Waals surface area contributed by atoms with Crippen molar-refractivity contribution in [3.8, 4) is 0 Å². The topological polar surface area (TPSA) is 17.1 Å². The summed E-state index contributed by atoms with van der Waals surface area (Å²) in [6.45, 7) is 0. The van der Waals surface area contributed by atoms with E-state index >= 15 is 0 Å². The van der Waals surface area contributed by atoms with E-state index in [1.165, 1.54) is 0 Å². The van der Waals surface area contributed by atoms with Gasteiger partial charge >= 0.3 is 45.1 Å². The van der Waals surface area contributed by atoms with Crippen molar-refractivity contribution in [2.24, 2.45) is 0 Å². The van der Waals surface area contributed by atoms with E-state index in [9.17, 15) is 4.57 Å². The van der Waals surface area contributed by atoms with Crippen molar-refractivity contribution >= 4 is 16.9 Å². The van der Waals surface area contributed by atoms with Gasteiger partial charge in [-0.15, -0.1) is 0 Å². The summed E-state index contributed by atoms with van der Waals surface area (Å²) in [7, 11) is 0.143. The van der Waals surface area contributed by atoms with Gasteiger partial charge in [-0.3, -0.25) is 0 Å². The molecule has 0 fully saturated rings. The molecule has 40 valence electrons. The normalized spacial score (nSPS) is 28.3. The van der Waals surface area contributed by atoms with Gasteiger partial charge in [-0.05, 0) is 0 Å². The molecule has 0 saturated carbocycles. The van der Waals surface area contributed by atoms with Crippen LogP contribution < -0.4 is 0 Å². The molecule has 0 N–H and O–H groups in total. The summed E-state index contributed by atoms with van der Waals surface area (Å²) in [5.41, 5.74) is 0. The van der Waals surface area contributed by atoms with Crippen molar-refractivity contribution in [3.63, 3.8) is 0 Å². The summed E-state index contributed by atoms with van der Waals surface area (Å²) < 4.78 is 10.1. The molecule has 1 nitrogen and oxygen atoms in total. The molecule has 0 aromatic heterocycles. The van der Waals surface area contributed by atoms with Crippen molar-refractivity contribution in [3.05, 3.63) is 11.5 Å². The molecule has 1 unspecified atom stereocenters. The van der Waals surface area contributed by atoms with E-state index in [2.05, 4.69) is 11.5 Å². The van der Waals surface area contributed by atoms with Crippen molar-refractivity contribution in [2.45, 2.75) is 6.42 Å². The van der Waals surface area contributed by atoms with Crippen LogP contribution in [0.15, 0.2) is 11.5 Å². The van der Waals surface area contributed by atoms with Crippen LogP contribution in [0.3, 0.4) is 0 Å². The third-order valence-electron chi connectivity index (χ3n) is 0.907. The molecule has 0 radical (unpaired) electrons. The van der Waals surface area contributed by atoms with Crippen LogP contribution in [0, 0.1) is 0 Å². The molecule has 0 saturated heterocycles. The summed E-state index contributed by atoms with van der Waals surface area (Å²) in [5.74, 6) is 1.14. The summed E-state index contributed by atoms with van der Waals surface area (Å²) in [4.78, 5) is 0. The van der Waals surface area contributed by atoms with E-state index in [0.29, 0.717) is 7.03 Å². The van der Waals surface area contributed by atoms with Gasteiger partial charge in [0.15, 0.2) is 0 Å². The SMILES string of the molecule is O=P#[SH]1C=CCC1. The van der Waals surface area contributed by atoms with Crippen LogP contribution in [-0.2, 0) is 4.57 Å². The summed E-state index contributed by atoms with van der Waals surface area (Å²) >= 11 is 0. The molecular weight excluding hydrogens is 127 g/mol. The van der Waals surface area contributed by atoms with Gasteiger partial charge in [-0.25, -0.2) is 0 Å². The maximum absolute atomic E-state index is 10.1. The summed E-state index contributed by atoms with van der Waals surface area (Å²) in [6.07, 6.45) is 3.25.